The summed E-state index contributed by atoms with van der Waals surface area (Å²) in [4.78, 5) is 26.1. The SMILES string of the molecule is O=c1[nH]c2c(S(=O)(=O)c3ccc4cnn(-c5cccs5)c4c3)ccc(Cl)c2c(=O)n1O. The van der Waals surface area contributed by atoms with E-state index in [2.05, 4.69) is 10.1 Å². The largest absolute Gasteiger partial charge is 0.421 e. The summed E-state index contributed by atoms with van der Waals surface area (Å²) in [5, 5.41) is 16.9. The van der Waals surface area contributed by atoms with Crippen molar-refractivity contribution in [2.24, 2.45) is 0 Å². The quantitative estimate of drug-likeness (QED) is 0.387. The van der Waals surface area contributed by atoms with Crippen molar-refractivity contribution in [2.75, 3.05) is 0 Å². The normalized spacial score (nSPS) is 12.0. The number of sulfone groups is 1. The number of hydrogen-bond donors (Lipinski definition) is 2. The molecule has 31 heavy (non-hydrogen) atoms. The van der Waals surface area contributed by atoms with Gasteiger partial charge in [-0.1, -0.05) is 16.3 Å². The summed E-state index contributed by atoms with van der Waals surface area (Å²) in [5.74, 6) is 0. The number of halogens is 1. The number of H-pyrrole nitrogens is 1. The van der Waals surface area contributed by atoms with Gasteiger partial charge in [-0.3, -0.25) is 4.79 Å². The molecule has 0 aliphatic rings. The zero-order valence-electron chi connectivity index (χ0n) is 15.3. The Morgan fingerprint density at radius 3 is 2.68 bits per heavy atom. The Morgan fingerprint density at radius 2 is 1.94 bits per heavy atom. The smallest absolute Gasteiger partial charge is 0.362 e. The van der Waals surface area contributed by atoms with Crippen LogP contribution < -0.4 is 11.2 Å². The summed E-state index contributed by atoms with van der Waals surface area (Å²) >= 11 is 7.49. The van der Waals surface area contributed by atoms with Gasteiger partial charge in [-0.2, -0.15) is 5.10 Å². The van der Waals surface area contributed by atoms with Gasteiger partial charge in [0.05, 0.1) is 37.4 Å². The molecule has 0 aliphatic heterocycles. The van der Waals surface area contributed by atoms with Crippen LogP contribution in [-0.4, -0.2) is 33.1 Å². The molecule has 2 N–H and O–H groups in total. The van der Waals surface area contributed by atoms with Crippen molar-refractivity contribution >= 4 is 54.6 Å². The molecule has 0 atom stereocenters. The Morgan fingerprint density at radius 1 is 1.13 bits per heavy atom. The number of rotatable bonds is 3. The molecule has 3 heterocycles. The van der Waals surface area contributed by atoms with Crippen molar-refractivity contribution < 1.29 is 13.6 Å². The maximum atomic E-state index is 13.5. The summed E-state index contributed by atoms with van der Waals surface area (Å²) in [6, 6.07) is 10.7. The molecule has 0 radical (unpaired) electrons. The molecule has 9 nitrogen and oxygen atoms in total. The van der Waals surface area contributed by atoms with Crippen molar-refractivity contribution in [1.82, 2.24) is 19.5 Å². The fourth-order valence-corrected chi connectivity index (χ4v) is 5.71. The van der Waals surface area contributed by atoms with Crippen molar-refractivity contribution in [3.05, 3.63) is 79.9 Å². The summed E-state index contributed by atoms with van der Waals surface area (Å²) in [6.45, 7) is 0. The third kappa shape index (κ3) is 2.89. The molecule has 5 rings (SSSR count). The Balaban J connectivity index is 1.79. The topological polar surface area (TPSA) is 127 Å². The lowest BCUT2D eigenvalue weighted by Gasteiger charge is -2.10. The second-order valence-corrected chi connectivity index (χ2v) is 9.83. The number of thiophene rings is 1. The van der Waals surface area contributed by atoms with Gasteiger partial charge in [-0.25, -0.2) is 17.9 Å². The van der Waals surface area contributed by atoms with E-state index in [4.69, 9.17) is 11.6 Å². The Hall–Kier alpha value is -3.41. The van der Waals surface area contributed by atoms with E-state index in [0.29, 0.717) is 5.52 Å². The highest BCUT2D eigenvalue weighted by Crippen LogP contribution is 2.31. The first kappa shape index (κ1) is 19.5. The highest BCUT2D eigenvalue weighted by atomic mass is 35.5. The van der Waals surface area contributed by atoms with Gasteiger partial charge in [0.15, 0.2) is 0 Å². The van der Waals surface area contributed by atoms with Crippen LogP contribution in [0.5, 0.6) is 0 Å². The van der Waals surface area contributed by atoms with Crippen LogP contribution >= 0.6 is 22.9 Å². The number of benzene rings is 2. The average Bonchev–Trinajstić information content (AvgIpc) is 3.40. The van der Waals surface area contributed by atoms with Gasteiger partial charge in [-0.05, 0) is 47.8 Å². The first-order valence-corrected chi connectivity index (χ1v) is 11.5. The highest BCUT2D eigenvalue weighted by Gasteiger charge is 2.25. The van der Waals surface area contributed by atoms with Crippen molar-refractivity contribution in [3.63, 3.8) is 0 Å². The van der Waals surface area contributed by atoms with Gasteiger partial charge in [-0.15, -0.1) is 11.3 Å². The molecule has 0 aliphatic carbocycles. The van der Waals surface area contributed by atoms with E-state index in [-0.39, 0.29) is 30.4 Å². The molecule has 0 saturated carbocycles. The molecule has 156 valence electrons. The number of fused-ring (bicyclic) bond motifs is 2. The van der Waals surface area contributed by atoms with Gasteiger partial charge in [0.25, 0.3) is 5.56 Å². The van der Waals surface area contributed by atoms with Crippen LogP contribution in [0.15, 0.2) is 73.4 Å². The van der Waals surface area contributed by atoms with Crippen LogP contribution in [0.2, 0.25) is 5.02 Å². The molecule has 12 heteroatoms. The molecule has 0 unspecified atom stereocenters. The van der Waals surface area contributed by atoms with E-state index in [1.807, 2.05) is 17.5 Å². The Labute approximate surface area is 182 Å². The van der Waals surface area contributed by atoms with E-state index < -0.39 is 21.1 Å². The minimum absolute atomic E-state index is 0.0593. The number of nitrogens with one attached hydrogen (secondary N) is 1. The van der Waals surface area contributed by atoms with Gasteiger partial charge < -0.3 is 10.2 Å². The van der Waals surface area contributed by atoms with E-state index in [9.17, 15) is 23.2 Å². The van der Waals surface area contributed by atoms with Crippen LogP contribution in [0.4, 0.5) is 0 Å². The molecular formula is C19H11ClN4O5S2. The lowest BCUT2D eigenvalue weighted by atomic mass is 10.2. The molecule has 3 aromatic heterocycles. The summed E-state index contributed by atoms with van der Waals surface area (Å²) in [5.41, 5.74) is -2.00. The van der Waals surface area contributed by atoms with Crippen LogP contribution in [0.25, 0.3) is 26.8 Å². The first-order valence-electron chi connectivity index (χ1n) is 8.72. The predicted molar refractivity (Wildman–Crippen MR) is 115 cm³/mol. The molecule has 0 saturated heterocycles. The van der Waals surface area contributed by atoms with E-state index in [0.717, 1.165) is 10.4 Å². The minimum atomic E-state index is -4.18. The number of aromatic amines is 1. The molecule has 0 spiro atoms. The molecular weight excluding hydrogens is 464 g/mol. The predicted octanol–water partition coefficient (Wildman–Crippen LogP) is 2.81. The Bertz CT molecular complexity index is 1720. The van der Waals surface area contributed by atoms with Crippen LogP contribution in [0.1, 0.15) is 0 Å². The summed E-state index contributed by atoms with van der Waals surface area (Å²) < 4.78 is 28.4. The van der Waals surface area contributed by atoms with Crippen LogP contribution in [0, 0.1) is 0 Å². The van der Waals surface area contributed by atoms with E-state index in [1.54, 1.807) is 16.9 Å². The van der Waals surface area contributed by atoms with Crippen LogP contribution in [0.3, 0.4) is 0 Å². The highest BCUT2D eigenvalue weighted by molar-refractivity contribution is 7.91. The lowest BCUT2D eigenvalue weighted by Crippen LogP contribution is -2.33. The van der Waals surface area contributed by atoms with E-state index in [1.165, 1.54) is 35.6 Å². The van der Waals surface area contributed by atoms with Gasteiger partial charge >= 0.3 is 5.69 Å². The maximum absolute atomic E-state index is 13.5. The van der Waals surface area contributed by atoms with Gasteiger partial charge in [0.2, 0.25) is 9.84 Å². The summed E-state index contributed by atoms with van der Waals surface area (Å²) in [7, 11) is -4.18. The standard InChI is InChI=1S/C19H11ClN4O5S2/c20-12-5-6-14(17-16(12)18(25)24(27)19(26)22-17)31(28,29)11-4-3-10-9-21-23(13(10)8-11)15-2-1-7-30-15/h1-9,27H,(H,22,26). The molecule has 0 fully saturated rings. The fraction of sp³-hybridized carbons (Fsp3) is 0. The number of hydrogen-bond acceptors (Lipinski definition) is 7. The zero-order chi connectivity index (χ0) is 21.9. The molecule has 2 aromatic carbocycles. The molecule has 0 bridgehead atoms. The lowest BCUT2D eigenvalue weighted by molar-refractivity contribution is 0.162. The molecule has 0 amide bonds. The average molecular weight is 475 g/mol. The zero-order valence-corrected chi connectivity index (χ0v) is 17.7. The number of aromatic nitrogens is 4. The van der Waals surface area contributed by atoms with E-state index >= 15 is 0 Å². The van der Waals surface area contributed by atoms with Crippen LogP contribution in [-0.2, 0) is 9.84 Å². The second-order valence-electron chi connectivity index (χ2n) is 6.57. The van der Waals surface area contributed by atoms with Crippen molar-refractivity contribution in [1.29, 1.82) is 0 Å². The first-order chi connectivity index (χ1) is 14.8. The third-order valence-electron chi connectivity index (χ3n) is 4.80. The minimum Gasteiger partial charge on any atom is -0.421 e. The maximum Gasteiger partial charge on any atom is 0.362 e. The van der Waals surface area contributed by atoms with Crippen molar-refractivity contribution in [3.8, 4) is 5.00 Å². The van der Waals surface area contributed by atoms with Gasteiger partial charge in [0.1, 0.15) is 5.00 Å². The molecule has 5 aromatic rings. The fourth-order valence-electron chi connectivity index (χ4n) is 3.33. The Kier molecular flexibility index (Phi) is 4.29. The second kappa shape index (κ2) is 6.80. The van der Waals surface area contributed by atoms with Crippen molar-refractivity contribution in [2.45, 2.75) is 9.79 Å². The van der Waals surface area contributed by atoms with Gasteiger partial charge in [0, 0.05) is 5.39 Å². The monoisotopic (exact) mass is 474 g/mol. The summed E-state index contributed by atoms with van der Waals surface area (Å²) in [6.07, 6.45) is 1.63. The number of nitrogens with zero attached hydrogens (tertiary/aromatic N) is 3. The third-order valence-corrected chi connectivity index (χ3v) is 7.76.